The summed E-state index contributed by atoms with van der Waals surface area (Å²) in [6, 6.07) is 79.4. The summed E-state index contributed by atoms with van der Waals surface area (Å²) in [5.74, 6) is 0. The lowest BCUT2D eigenvalue weighted by molar-refractivity contribution is 0.666. The number of hydrogen-bond acceptors (Lipinski definition) is 2. The van der Waals surface area contributed by atoms with Crippen LogP contribution in [0.15, 0.2) is 223 Å². The van der Waals surface area contributed by atoms with Crippen molar-refractivity contribution in [3.8, 4) is 22.7 Å². The van der Waals surface area contributed by atoms with Crippen LogP contribution in [0.4, 0.5) is 0 Å². The highest BCUT2D eigenvalue weighted by atomic mass is 32.1. The summed E-state index contributed by atoms with van der Waals surface area (Å²) in [5, 5.41) is 12.0. The van der Waals surface area contributed by atoms with E-state index >= 15 is 0 Å². The summed E-state index contributed by atoms with van der Waals surface area (Å²) in [6.07, 6.45) is 1.69. The smallest absolute Gasteiger partial charge is 0.159 e. The van der Waals surface area contributed by atoms with Gasteiger partial charge in [-0.1, -0.05) is 121 Å². The molecule has 5 heterocycles. The molecule has 0 atom stereocenters. The molecule has 0 unspecified atom stereocenters. The van der Waals surface area contributed by atoms with Crippen LogP contribution >= 0.6 is 12.6 Å². The van der Waals surface area contributed by atoms with E-state index in [0.717, 1.165) is 61.2 Å². The van der Waals surface area contributed by atoms with Crippen molar-refractivity contribution in [1.82, 2.24) is 18.3 Å². The maximum Gasteiger partial charge on any atom is 0.159 e. The van der Waals surface area contributed by atoms with Gasteiger partial charge >= 0.3 is 0 Å². The van der Waals surface area contributed by atoms with Gasteiger partial charge < -0.3 is 22.7 Å². The number of thiol groups is 1. The largest absolute Gasteiger partial charge is 0.454 e. The van der Waals surface area contributed by atoms with Crippen molar-refractivity contribution in [2.45, 2.75) is 0 Å². The van der Waals surface area contributed by atoms with Crippen LogP contribution in [0.25, 0.3) is 132 Å². The van der Waals surface area contributed by atoms with Crippen LogP contribution < -0.4 is 0 Å². The molecule has 0 aliphatic heterocycles. The molecule has 0 radical (unpaired) electrons. The third kappa shape index (κ3) is 5.33. The van der Waals surface area contributed by atoms with E-state index in [1.165, 1.54) is 70.7 Å². The van der Waals surface area contributed by atoms with Crippen LogP contribution in [0.1, 0.15) is 0 Å². The lowest BCUT2D eigenvalue weighted by Gasteiger charge is -2.10. The van der Waals surface area contributed by atoms with Gasteiger partial charge in [-0.25, -0.2) is 0 Å². The Hall–Kier alpha value is -8.45. The molecule has 0 amide bonds. The minimum absolute atomic E-state index is 0.857. The maximum atomic E-state index is 7.00. The first-order valence-corrected chi connectivity index (χ1v) is 23.6. The molecule has 15 aromatic rings. The summed E-state index contributed by atoms with van der Waals surface area (Å²) in [7, 11) is 0. The zero-order valence-corrected chi connectivity index (χ0v) is 37.3. The first kappa shape index (κ1) is 37.9. The number of aromatic nitrogens is 4. The molecule has 10 aromatic carbocycles. The van der Waals surface area contributed by atoms with Gasteiger partial charge in [0.2, 0.25) is 0 Å². The summed E-state index contributed by atoms with van der Waals surface area (Å²) in [4.78, 5) is 0. The van der Waals surface area contributed by atoms with Gasteiger partial charge in [0.25, 0.3) is 0 Å². The second-order valence-corrected chi connectivity index (χ2v) is 17.3. The number of hydrogen-bond donors (Lipinski definition) is 1. The zero-order valence-electron chi connectivity index (χ0n) is 36.4. The van der Waals surface area contributed by atoms with E-state index in [1.807, 2.05) is 0 Å². The molecule has 15 rings (SSSR count). The van der Waals surface area contributed by atoms with Crippen molar-refractivity contribution in [2.24, 2.45) is 0 Å². The Morgan fingerprint density at radius 1 is 0.269 bits per heavy atom. The summed E-state index contributed by atoms with van der Waals surface area (Å²) < 4.78 is 16.6. The SMILES string of the molecule is CS.c1ccc(-n2c3ccccc3c3cc4c5ccccc5n(-c5ccc6oc7c(-n8c9ccccc9c9cc%10c%11ccccc%11n(-c%11ccccc%11)c%10cc98)cccc7c6c5)c4cc32)cc1. The lowest BCUT2D eigenvalue weighted by Crippen LogP contribution is -1.96. The number of para-hydroxylation sites is 7. The quantitative estimate of drug-likeness (QED) is 0.176. The average molecular weight is 877 g/mol. The molecule has 6 heteroatoms. The Balaban J connectivity index is 0.00000211. The van der Waals surface area contributed by atoms with Gasteiger partial charge in [0.15, 0.2) is 5.58 Å². The molecule has 0 aliphatic rings. The van der Waals surface area contributed by atoms with E-state index in [1.54, 1.807) is 6.26 Å². The first-order chi connectivity index (χ1) is 33.3. The predicted molar refractivity (Wildman–Crippen MR) is 286 cm³/mol. The summed E-state index contributed by atoms with van der Waals surface area (Å²) >= 11 is 3.53. The van der Waals surface area contributed by atoms with E-state index < -0.39 is 0 Å². The monoisotopic (exact) mass is 876 g/mol. The fourth-order valence-corrected chi connectivity index (χ4v) is 11.2. The normalized spacial score (nSPS) is 12.0. The minimum Gasteiger partial charge on any atom is -0.454 e. The van der Waals surface area contributed by atoms with E-state index in [4.69, 9.17) is 4.42 Å². The Bertz CT molecular complexity index is 4470. The second-order valence-electron chi connectivity index (χ2n) is 17.3. The molecule has 0 spiro atoms. The number of fused-ring (bicyclic) bond motifs is 15. The highest BCUT2D eigenvalue weighted by Gasteiger charge is 2.23. The number of rotatable bonds is 4. The van der Waals surface area contributed by atoms with Gasteiger partial charge in [-0.05, 0) is 103 Å². The summed E-state index contributed by atoms with van der Waals surface area (Å²) in [5.41, 5.74) is 15.5. The van der Waals surface area contributed by atoms with Gasteiger partial charge in [0, 0.05) is 70.9 Å². The Morgan fingerprint density at radius 2 is 0.657 bits per heavy atom. The van der Waals surface area contributed by atoms with Gasteiger partial charge in [-0.2, -0.15) is 12.6 Å². The van der Waals surface area contributed by atoms with Gasteiger partial charge in [0.05, 0.1) is 49.8 Å². The van der Waals surface area contributed by atoms with Crippen molar-refractivity contribution in [2.75, 3.05) is 6.26 Å². The number of furan rings is 1. The molecule has 0 N–H and O–H groups in total. The van der Waals surface area contributed by atoms with Crippen molar-refractivity contribution in [3.05, 3.63) is 218 Å². The molecule has 0 aliphatic carbocycles. The van der Waals surface area contributed by atoms with E-state index in [0.29, 0.717) is 0 Å². The molecule has 5 nitrogen and oxygen atoms in total. The standard InChI is InChI=1S/C60H36N4O.CH4S/c1-3-16-37(17-4-1)61-50-25-11-7-20-40(50)45-33-47-42-22-9-13-27-52(42)63(57(47)35-55(45)61)39-30-31-59-49(32-39)44-24-15-29-54(60(44)65-59)64-53-28-14-10-23-43(53)48-34-46-41-21-8-12-26-51(41)62(56(46)36-58(48)64)38-18-5-2-6-19-38;1-2/h1-36H;2H,1H3. The Morgan fingerprint density at radius 3 is 1.13 bits per heavy atom. The number of nitrogens with zero attached hydrogens (tertiary/aromatic N) is 4. The molecule has 5 aromatic heterocycles. The fourth-order valence-electron chi connectivity index (χ4n) is 11.2. The Kier molecular flexibility index (Phi) is 8.21. The van der Waals surface area contributed by atoms with Gasteiger partial charge in [0.1, 0.15) is 5.58 Å². The Labute approximate surface area is 389 Å². The molecule has 0 fully saturated rings. The fraction of sp³-hybridized carbons (Fsp3) is 0.0164. The van der Waals surface area contributed by atoms with Crippen LogP contribution in [-0.4, -0.2) is 24.5 Å². The highest BCUT2D eigenvalue weighted by Crippen LogP contribution is 2.44. The van der Waals surface area contributed by atoms with E-state index in [9.17, 15) is 0 Å². The second kappa shape index (κ2) is 14.5. The van der Waals surface area contributed by atoms with Gasteiger partial charge in [-0.15, -0.1) is 0 Å². The van der Waals surface area contributed by atoms with E-state index in [-0.39, 0.29) is 0 Å². The van der Waals surface area contributed by atoms with Crippen molar-refractivity contribution < 1.29 is 4.42 Å². The third-order valence-electron chi connectivity index (χ3n) is 13.9. The average Bonchev–Trinajstić information content (AvgIpc) is 4.19. The van der Waals surface area contributed by atoms with Crippen molar-refractivity contribution in [3.63, 3.8) is 0 Å². The maximum absolute atomic E-state index is 7.00. The van der Waals surface area contributed by atoms with Crippen LogP contribution in [0, 0.1) is 0 Å². The van der Waals surface area contributed by atoms with Crippen LogP contribution in [0.3, 0.4) is 0 Å². The molecular formula is C61H40N4OS. The molecule has 0 saturated heterocycles. The minimum atomic E-state index is 0.857. The third-order valence-corrected chi connectivity index (χ3v) is 13.9. The van der Waals surface area contributed by atoms with E-state index in [2.05, 4.69) is 249 Å². The van der Waals surface area contributed by atoms with Crippen LogP contribution in [-0.2, 0) is 0 Å². The van der Waals surface area contributed by atoms with Crippen molar-refractivity contribution in [1.29, 1.82) is 0 Å². The molecule has 316 valence electrons. The van der Waals surface area contributed by atoms with Gasteiger partial charge in [-0.3, -0.25) is 0 Å². The van der Waals surface area contributed by atoms with Crippen molar-refractivity contribution >= 4 is 122 Å². The number of benzene rings is 10. The lowest BCUT2D eigenvalue weighted by atomic mass is 10.1. The zero-order chi connectivity index (χ0) is 44.3. The first-order valence-electron chi connectivity index (χ1n) is 22.7. The molecule has 0 saturated carbocycles. The summed E-state index contributed by atoms with van der Waals surface area (Å²) in [6.45, 7) is 0. The topological polar surface area (TPSA) is 32.9 Å². The molecule has 67 heavy (non-hydrogen) atoms. The molecular weight excluding hydrogens is 837 g/mol. The highest BCUT2D eigenvalue weighted by molar-refractivity contribution is 7.79. The van der Waals surface area contributed by atoms with Crippen LogP contribution in [0.2, 0.25) is 0 Å². The van der Waals surface area contributed by atoms with Crippen LogP contribution in [0.5, 0.6) is 0 Å². The predicted octanol–water partition coefficient (Wildman–Crippen LogP) is 16.5. The molecule has 0 bridgehead atoms.